The topological polar surface area (TPSA) is 275 Å². The van der Waals surface area contributed by atoms with Crippen molar-refractivity contribution in [3.05, 3.63) is 0 Å². The van der Waals surface area contributed by atoms with Gasteiger partial charge in [-0.25, -0.2) is 16.8 Å². The Morgan fingerprint density at radius 2 is 1.03 bits per heavy atom. The second-order valence-corrected chi connectivity index (χ2v) is 11.9. The Morgan fingerprint density at radius 3 is 1.39 bits per heavy atom. The standard InChI is InChI=1S/C16H38N10O8S2.2Li/c27-15-23-11(17-4-6-35(29,30)31)21-13(25-15)19-9-2-1-3-10(8-9)20-14-22-12(24-16(28)26-14)18-5-7-36(32,33)34;;/h9-28H,1-8H2,(H,29,30,31)(H,32,33,34);;/q;2*+1/p-2. The van der Waals surface area contributed by atoms with E-state index in [1.807, 2.05) is 0 Å². The molecule has 1 aliphatic carbocycles. The Kier molecular flexibility index (Phi) is 16.2. The molecule has 8 atom stereocenters. The van der Waals surface area contributed by atoms with E-state index in [1.165, 1.54) is 0 Å². The maximum atomic E-state index is 10.8. The van der Waals surface area contributed by atoms with Crippen molar-refractivity contribution in [2.24, 2.45) is 0 Å². The molecule has 1 saturated carbocycles. The van der Waals surface area contributed by atoms with Gasteiger partial charge in [-0.2, -0.15) is 0 Å². The summed E-state index contributed by atoms with van der Waals surface area (Å²) in [4.78, 5) is 0. The molecule has 18 nitrogen and oxygen atoms in total. The molecule has 2 heterocycles. The van der Waals surface area contributed by atoms with Crippen molar-refractivity contribution in [1.29, 1.82) is 0 Å². The third kappa shape index (κ3) is 14.4. The fourth-order valence-electron chi connectivity index (χ4n) is 4.30. The maximum absolute atomic E-state index is 10.8. The molecule has 2 saturated heterocycles. The zero-order valence-corrected chi connectivity index (χ0v) is 23.1. The van der Waals surface area contributed by atoms with E-state index in [-0.39, 0.29) is 62.9 Å². The minimum Gasteiger partial charge on any atom is -0.748 e. The summed E-state index contributed by atoms with van der Waals surface area (Å²) in [7, 11) is -8.70. The third-order valence-electron chi connectivity index (χ3n) is 5.84. The molecule has 0 radical (unpaired) electrons. The van der Waals surface area contributed by atoms with Crippen LogP contribution in [0.25, 0.3) is 0 Å². The second-order valence-electron chi connectivity index (χ2n) is 8.86. The zero-order chi connectivity index (χ0) is 26.3. The van der Waals surface area contributed by atoms with Gasteiger partial charge in [0.05, 0.1) is 31.7 Å². The number of aliphatic hydroxyl groups is 2. The van der Waals surface area contributed by atoms with Gasteiger partial charge in [-0.05, 0) is 19.3 Å². The number of aliphatic hydroxyl groups excluding tert-OH is 2. The van der Waals surface area contributed by atoms with Crippen LogP contribution in [0.3, 0.4) is 0 Å². The van der Waals surface area contributed by atoms with E-state index in [4.69, 9.17) is 0 Å². The molecule has 2 aliphatic heterocycles. The van der Waals surface area contributed by atoms with E-state index in [2.05, 4.69) is 53.2 Å². The van der Waals surface area contributed by atoms with E-state index in [1.54, 1.807) is 0 Å². The molecule has 8 unspecified atom stereocenters. The van der Waals surface area contributed by atoms with Crippen LogP contribution in [-0.4, -0.2) is 111 Å². The van der Waals surface area contributed by atoms with Gasteiger partial charge in [0.1, 0.15) is 25.2 Å². The summed E-state index contributed by atoms with van der Waals surface area (Å²) in [5.74, 6) is -1.15. The minimum absolute atomic E-state index is 0. The Bertz CT molecular complexity index is 841. The van der Waals surface area contributed by atoms with Crippen LogP contribution in [0.4, 0.5) is 0 Å². The van der Waals surface area contributed by atoms with Crippen LogP contribution in [0.2, 0.25) is 0 Å². The molecule has 3 fully saturated rings. The average Bonchev–Trinajstić information content (AvgIpc) is 2.71. The Hall–Kier alpha value is 0.535. The van der Waals surface area contributed by atoms with Gasteiger partial charge in [-0.15, -0.1) is 0 Å². The molecule has 22 heteroatoms. The van der Waals surface area contributed by atoms with Crippen molar-refractivity contribution in [1.82, 2.24) is 53.2 Å². The average molecular weight is 575 g/mol. The van der Waals surface area contributed by atoms with Gasteiger partial charge in [0.2, 0.25) is 0 Å². The van der Waals surface area contributed by atoms with Gasteiger partial charge in [0, 0.05) is 25.2 Å². The predicted octanol–water partition coefficient (Wildman–Crippen LogP) is -13.0. The van der Waals surface area contributed by atoms with Crippen LogP contribution < -0.4 is 90.9 Å². The van der Waals surface area contributed by atoms with Crippen LogP contribution in [0.1, 0.15) is 25.7 Å². The van der Waals surface area contributed by atoms with Gasteiger partial charge in [0.15, 0.2) is 12.7 Å². The quantitative estimate of drug-likeness (QED) is 0.0761. The first-order valence-electron chi connectivity index (χ1n) is 11.6. The molecule has 38 heavy (non-hydrogen) atoms. The van der Waals surface area contributed by atoms with Crippen molar-refractivity contribution in [3.63, 3.8) is 0 Å². The Labute approximate surface area is 246 Å². The molecule has 0 bridgehead atoms. The van der Waals surface area contributed by atoms with Crippen LogP contribution in [0, 0.1) is 0 Å². The fourth-order valence-corrected chi connectivity index (χ4v) is 5.04. The summed E-state index contributed by atoms with van der Waals surface area (Å²) in [6, 6.07) is 0.106. The maximum Gasteiger partial charge on any atom is 1.00 e. The molecule has 0 aromatic carbocycles. The fraction of sp³-hybridized carbons (Fsp3) is 1.00. The molecule has 0 spiro atoms. The molecule has 0 amide bonds. The molecule has 212 valence electrons. The van der Waals surface area contributed by atoms with Crippen molar-refractivity contribution < 1.29 is 73.9 Å². The molecular weight excluding hydrogens is 538 g/mol. The van der Waals surface area contributed by atoms with Crippen molar-refractivity contribution in [3.8, 4) is 0 Å². The van der Waals surface area contributed by atoms with Crippen LogP contribution >= 0.6 is 0 Å². The zero-order valence-electron chi connectivity index (χ0n) is 21.4. The van der Waals surface area contributed by atoms with Crippen molar-refractivity contribution >= 4 is 20.2 Å². The first kappa shape index (κ1) is 36.6. The van der Waals surface area contributed by atoms with E-state index in [0.29, 0.717) is 6.42 Å². The molecule has 12 N–H and O–H groups in total. The van der Waals surface area contributed by atoms with Crippen LogP contribution in [0.5, 0.6) is 0 Å². The van der Waals surface area contributed by atoms with Gasteiger partial charge >= 0.3 is 37.7 Å². The molecule has 3 rings (SSSR count). The normalized spacial score (nSPS) is 34.6. The molecule has 0 aromatic rings. The number of rotatable bonds is 12. The minimum atomic E-state index is -4.35. The molecule has 0 aromatic heterocycles. The summed E-state index contributed by atoms with van der Waals surface area (Å²) in [5.41, 5.74) is 0. The van der Waals surface area contributed by atoms with Gasteiger partial charge in [-0.3, -0.25) is 53.2 Å². The van der Waals surface area contributed by atoms with Crippen molar-refractivity contribution in [2.45, 2.75) is 75.6 Å². The number of nitrogens with one attached hydrogen (secondary N) is 10. The Balaban J connectivity index is 0.00000361. The SMILES string of the molecule is O=S(=O)([O-])CCNC1NC(O)NC(NC2CCCC(NC3NC(O)NC(NCCS(=O)(=O)[O-])N3)C2)N1.[Li+].[Li+]. The second kappa shape index (κ2) is 16.8. The van der Waals surface area contributed by atoms with E-state index < -0.39 is 69.6 Å². The number of hydrogen-bond donors (Lipinski definition) is 12. The summed E-state index contributed by atoms with van der Waals surface area (Å²) in [6.07, 6.45) is -1.07. The Morgan fingerprint density at radius 1 is 0.658 bits per heavy atom. The first-order chi connectivity index (χ1) is 16.8. The number of hydrogen-bond acceptors (Lipinski definition) is 18. The van der Waals surface area contributed by atoms with Gasteiger partial charge in [-0.1, -0.05) is 6.42 Å². The largest absolute Gasteiger partial charge is 1.00 e. The van der Waals surface area contributed by atoms with Gasteiger partial charge < -0.3 is 19.3 Å². The van der Waals surface area contributed by atoms with Crippen LogP contribution in [-0.2, 0) is 20.2 Å². The molecule has 3 aliphatic rings. The van der Waals surface area contributed by atoms with Crippen LogP contribution in [0.15, 0.2) is 0 Å². The smallest absolute Gasteiger partial charge is 0.748 e. The third-order valence-corrected chi connectivity index (χ3v) is 7.25. The van der Waals surface area contributed by atoms with E-state index in [9.17, 15) is 36.2 Å². The van der Waals surface area contributed by atoms with E-state index in [0.717, 1.165) is 19.3 Å². The molecular formula is C16H36Li2N10O8S2. The first-order valence-corrected chi connectivity index (χ1v) is 14.8. The summed E-state index contributed by atoms with van der Waals surface area (Å²) in [6.45, 7) is -0.175. The monoisotopic (exact) mass is 574 g/mol. The summed E-state index contributed by atoms with van der Waals surface area (Å²) >= 11 is 0. The van der Waals surface area contributed by atoms with Gasteiger partial charge in [0.25, 0.3) is 0 Å². The summed E-state index contributed by atoms with van der Waals surface area (Å²) in [5, 5.41) is 49.8. The summed E-state index contributed by atoms with van der Waals surface area (Å²) < 4.78 is 64.7. The predicted molar refractivity (Wildman–Crippen MR) is 123 cm³/mol. The van der Waals surface area contributed by atoms with E-state index >= 15 is 0 Å². The van der Waals surface area contributed by atoms with Crippen molar-refractivity contribution in [2.75, 3.05) is 24.6 Å².